The fourth-order valence-electron chi connectivity index (χ4n) is 3.49. The molecule has 0 saturated carbocycles. The van der Waals surface area contributed by atoms with Gasteiger partial charge in [0.1, 0.15) is 5.75 Å². The number of aryl methyl sites for hydroxylation is 1. The van der Waals surface area contributed by atoms with Crippen molar-refractivity contribution in [3.8, 4) is 5.75 Å². The summed E-state index contributed by atoms with van der Waals surface area (Å²) in [4.78, 5) is 11.6. The molecule has 0 unspecified atom stereocenters. The van der Waals surface area contributed by atoms with Crippen LogP contribution in [0.5, 0.6) is 5.75 Å². The Labute approximate surface area is 146 Å². The summed E-state index contributed by atoms with van der Waals surface area (Å²) < 4.78 is 44.2. The van der Waals surface area contributed by atoms with Crippen molar-refractivity contribution in [1.29, 1.82) is 0 Å². The molecule has 1 spiro atoms. The van der Waals surface area contributed by atoms with Crippen LogP contribution in [0.15, 0.2) is 17.0 Å². The normalized spacial score (nSPS) is 23.2. The van der Waals surface area contributed by atoms with Crippen LogP contribution in [0, 0.1) is 6.92 Å². The van der Waals surface area contributed by atoms with Crippen LogP contribution in [-0.4, -0.2) is 57.3 Å². The second-order valence-corrected chi connectivity index (χ2v) is 8.37. The van der Waals surface area contributed by atoms with Crippen LogP contribution in [0.4, 0.5) is 5.69 Å². The third kappa shape index (κ3) is 2.91. The van der Waals surface area contributed by atoms with Gasteiger partial charge in [-0.2, -0.15) is 4.31 Å². The number of anilines is 1. The van der Waals surface area contributed by atoms with E-state index in [1.54, 1.807) is 13.0 Å². The first kappa shape index (κ1) is 16.8. The molecule has 1 N–H and O–H groups in total. The maximum Gasteiger partial charge on any atom is 0.262 e. The molecular weight excluding hydrogens is 348 g/mol. The molecule has 3 aliphatic heterocycles. The van der Waals surface area contributed by atoms with Gasteiger partial charge in [0.2, 0.25) is 10.0 Å². The molecule has 3 aliphatic rings. The van der Waals surface area contributed by atoms with Gasteiger partial charge in [-0.15, -0.1) is 0 Å². The van der Waals surface area contributed by atoms with E-state index in [0.29, 0.717) is 56.1 Å². The highest BCUT2D eigenvalue weighted by molar-refractivity contribution is 7.89. The summed E-state index contributed by atoms with van der Waals surface area (Å²) in [5.74, 6) is -0.496. The van der Waals surface area contributed by atoms with Crippen molar-refractivity contribution in [2.24, 2.45) is 0 Å². The Bertz CT molecular complexity index is 806. The summed E-state index contributed by atoms with van der Waals surface area (Å²) >= 11 is 0. The zero-order valence-corrected chi connectivity index (χ0v) is 14.7. The Morgan fingerprint density at radius 3 is 2.52 bits per heavy atom. The van der Waals surface area contributed by atoms with E-state index in [-0.39, 0.29) is 17.4 Å². The molecule has 25 heavy (non-hydrogen) atoms. The first-order valence-corrected chi connectivity index (χ1v) is 9.69. The molecule has 136 valence electrons. The number of nitrogens with zero attached hydrogens (tertiary/aromatic N) is 1. The quantitative estimate of drug-likeness (QED) is 0.832. The van der Waals surface area contributed by atoms with E-state index in [1.807, 2.05) is 0 Å². The largest absolute Gasteiger partial charge is 0.482 e. The van der Waals surface area contributed by atoms with Gasteiger partial charge < -0.3 is 19.5 Å². The van der Waals surface area contributed by atoms with E-state index in [0.717, 1.165) is 0 Å². The second kappa shape index (κ2) is 5.94. The molecule has 0 radical (unpaired) electrons. The number of amides is 1. The fourth-order valence-corrected chi connectivity index (χ4v) is 5.15. The lowest BCUT2D eigenvalue weighted by molar-refractivity contribution is -0.179. The molecule has 1 aromatic rings. The maximum absolute atomic E-state index is 13.1. The van der Waals surface area contributed by atoms with E-state index in [2.05, 4.69) is 5.32 Å². The summed E-state index contributed by atoms with van der Waals surface area (Å²) in [6, 6.07) is 3.13. The van der Waals surface area contributed by atoms with Crippen molar-refractivity contribution < 1.29 is 27.4 Å². The standard InChI is InChI=1S/C16H20N2O6S/c1-11-8-12-13(22-10-15(19)17-12)9-14(11)25(20,21)18-4-2-16(3-5-18)23-6-7-24-16/h8-9H,2-7,10H2,1H3,(H,17,19). The summed E-state index contributed by atoms with van der Waals surface area (Å²) in [6.07, 6.45) is 1.03. The van der Waals surface area contributed by atoms with Crippen LogP contribution in [0.25, 0.3) is 0 Å². The highest BCUT2D eigenvalue weighted by atomic mass is 32.2. The number of piperidine rings is 1. The topological polar surface area (TPSA) is 94.2 Å². The molecule has 0 bridgehead atoms. The molecule has 1 aromatic carbocycles. The summed E-state index contributed by atoms with van der Waals surface area (Å²) in [7, 11) is -3.66. The van der Waals surface area contributed by atoms with Gasteiger partial charge in [-0.05, 0) is 18.6 Å². The Hall–Kier alpha value is -1.68. The minimum Gasteiger partial charge on any atom is -0.482 e. The first-order valence-electron chi connectivity index (χ1n) is 8.25. The van der Waals surface area contributed by atoms with E-state index in [9.17, 15) is 13.2 Å². The molecule has 0 aromatic heterocycles. The molecule has 3 heterocycles. The van der Waals surface area contributed by atoms with Gasteiger partial charge in [-0.3, -0.25) is 4.79 Å². The van der Waals surface area contributed by atoms with Crippen LogP contribution in [0.2, 0.25) is 0 Å². The number of hydrogen-bond acceptors (Lipinski definition) is 6. The van der Waals surface area contributed by atoms with Crippen molar-refractivity contribution in [2.45, 2.75) is 30.4 Å². The molecule has 2 saturated heterocycles. The molecule has 4 rings (SSSR count). The molecule has 0 atom stereocenters. The number of sulfonamides is 1. The Morgan fingerprint density at radius 2 is 1.84 bits per heavy atom. The highest BCUT2D eigenvalue weighted by Crippen LogP contribution is 2.37. The minimum absolute atomic E-state index is 0.115. The smallest absolute Gasteiger partial charge is 0.262 e. The predicted octanol–water partition coefficient (Wildman–Crippen LogP) is 0.854. The highest BCUT2D eigenvalue weighted by Gasteiger charge is 2.43. The first-order chi connectivity index (χ1) is 11.9. The third-order valence-electron chi connectivity index (χ3n) is 4.83. The van der Waals surface area contributed by atoms with Gasteiger partial charge in [-0.1, -0.05) is 0 Å². The lowest BCUT2D eigenvalue weighted by atomic mass is 10.1. The molecular formula is C16H20N2O6S. The minimum atomic E-state index is -3.66. The SMILES string of the molecule is Cc1cc2c(cc1S(=O)(=O)N1CCC3(CC1)OCCO3)OCC(=O)N2. The molecule has 9 heteroatoms. The molecule has 2 fully saturated rings. The lowest BCUT2D eigenvalue weighted by Crippen LogP contribution is -2.47. The Balaban J connectivity index is 1.59. The second-order valence-electron chi connectivity index (χ2n) is 6.46. The number of benzene rings is 1. The van der Waals surface area contributed by atoms with Crippen molar-refractivity contribution >= 4 is 21.6 Å². The van der Waals surface area contributed by atoms with Gasteiger partial charge in [-0.25, -0.2) is 8.42 Å². The number of carbonyl (C=O) groups excluding carboxylic acids is 1. The maximum atomic E-state index is 13.1. The molecule has 8 nitrogen and oxygen atoms in total. The summed E-state index contributed by atoms with van der Waals surface area (Å²) in [6.45, 7) is 3.39. The van der Waals surface area contributed by atoms with Gasteiger partial charge in [0.05, 0.1) is 23.8 Å². The van der Waals surface area contributed by atoms with Gasteiger partial charge in [0, 0.05) is 32.0 Å². The van der Waals surface area contributed by atoms with Crippen LogP contribution in [-0.2, 0) is 24.3 Å². The average Bonchev–Trinajstić information content (AvgIpc) is 3.02. The lowest BCUT2D eigenvalue weighted by Gasteiger charge is -2.37. The van der Waals surface area contributed by atoms with Crippen molar-refractivity contribution in [3.63, 3.8) is 0 Å². The number of ether oxygens (including phenoxy) is 3. The fraction of sp³-hybridized carbons (Fsp3) is 0.562. The zero-order chi connectivity index (χ0) is 17.7. The molecule has 1 amide bonds. The summed E-state index contributed by atoms with van der Waals surface area (Å²) in [5, 5.41) is 2.69. The predicted molar refractivity (Wildman–Crippen MR) is 87.9 cm³/mol. The monoisotopic (exact) mass is 368 g/mol. The van der Waals surface area contributed by atoms with Gasteiger partial charge >= 0.3 is 0 Å². The number of fused-ring (bicyclic) bond motifs is 1. The Kier molecular flexibility index (Phi) is 3.99. The van der Waals surface area contributed by atoms with Crippen LogP contribution >= 0.6 is 0 Å². The van der Waals surface area contributed by atoms with Crippen LogP contribution < -0.4 is 10.1 Å². The zero-order valence-electron chi connectivity index (χ0n) is 13.9. The van der Waals surface area contributed by atoms with Crippen molar-refractivity contribution in [1.82, 2.24) is 4.31 Å². The summed E-state index contributed by atoms with van der Waals surface area (Å²) in [5.41, 5.74) is 1.07. The average molecular weight is 368 g/mol. The van der Waals surface area contributed by atoms with Crippen molar-refractivity contribution in [3.05, 3.63) is 17.7 Å². The Morgan fingerprint density at radius 1 is 1.16 bits per heavy atom. The molecule has 0 aliphatic carbocycles. The van der Waals surface area contributed by atoms with Gasteiger partial charge in [0.25, 0.3) is 5.91 Å². The van der Waals surface area contributed by atoms with E-state index >= 15 is 0 Å². The van der Waals surface area contributed by atoms with Gasteiger partial charge in [0.15, 0.2) is 12.4 Å². The number of rotatable bonds is 2. The van der Waals surface area contributed by atoms with Crippen molar-refractivity contribution in [2.75, 3.05) is 38.2 Å². The van der Waals surface area contributed by atoms with E-state index < -0.39 is 15.8 Å². The van der Waals surface area contributed by atoms with E-state index in [4.69, 9.17) is 14.2 Å². The number of carbonyl (C=O) groups is 1. The van der Waals surface area contributed by atoms with Crippen LogP contribution in [0.3, 0.4) is 0 Å². The van der Waals surface area contributed by atoms with E-state index in [1.165, 1.54) is 10.4 Å². The van der Waals surface area contributed by atoms with Crippen LogP contribution in [0.1, 0.15) is 18.4 Å². The third-order valence-corrected chi connectivity index (χ3v) is 6.87. The number of hydrogen-bond donors (Lipinski definition) is 1. The number of nitrogens with one attached hydrogen (secondary N) is 1.